The van der Waals surface area contributed by atoms with Gasteiger partial charge >= 0.3 is 0 Å². The van der Waals surface area contributed by atoms with Crippen molar-refractivity contribution in [2.75, 3.05) is 26.7 Å². The summed E-state index contributed by atoms with van der Waals surface area (Å²) in [5.74, 6) is 0. The smallest absolute Gasteiger partial charge is 0.0172 e. The summed E-state index contributed by atoms with van der Waals surface area (Å²) in [6, 6.07) is 0. The molecule has 0 aromatic rings. The van der Waals surface area contributed by atoms with Crippen molar-refractivity contribution in [3.63, 3.8) is 0 Å². The fourth-order valence-electron chi connectivity index (χ4n) is 0.531. The Morgan fingerprint density at radius 3 is 2.78 bits per heavy atom. The minimum absolute atomic E-state index is 0.701. The second-order valence-corrected chi connectivity index (χ2v) is 2.16. The minimum atomic E-state index is 0.701. The highest BCUT2D eigenvalue weighted by molar-refractivity contribution is 6.25. The lowest BCUT2D eigenvalue weighted by Crippen LogP contribution is -2.25. The van der Waals surface area contributed by atoms with Crippen molar-refractivity contribution in [1.82, 2.24) is 4.90 Å². The van der Waals surface area contributed by atoms with Crippen molar-refractivity contribution in [3.05, 3.63) is 11.6 Å². The van der Waals surface area contributed by atoms with Crippen molar-refractivity contribution >= 4 is 11.6 Å². The van der Waals surface area contributed by atoms with E-state index in [0.29, 0.717) is 6.54 Å². The third-order valence-corrected chi connectivity index (χ3v) is 1.20. The number of hydrogen-bond acceptors (Lipinski definition) is 2. The first-order valence-electron chi connectivity index (χ1n) is 2.95. The van der Waals surface area contributed by atoms with Gasteiger partial charge in [-0.15, -0.1) is 0 Å². The molecule has 54 valence electrons. The number of hydrogen-bond donors (Lipinski definition) is 1. The van der Waals surface area contributed by atoms with E-state index in [2.05, 4.69) is 4.90 Å². The molecule has 0 saturated heterocycles. The quantitative estimate of drug-likeness (QED) is 0.634. The Morgan fingerprint density at radius 1 is 1.67 bits per heavy atom. The Labute approximate surface area is 61.3 Å². The molecular weight excluding hydrogens is 136 g/mol. The second-order valence-electron chi connectivity index (χ2n) is 1.91. The summed E-state index contributed by atoms with van der Waals surface area (Å²) < 4.78 is 0. The first kappa shape index (κ1) is 8.95. The Kier molecular flexibility index (Phi) is 6.04. The largest absolute Gasteiger partial charge is 0.329 e. The van der Waals surface area contributed by atoms with Crippen LogP contribution in [0.25, 0.3) is 0 Å². The van der Waals surface area contributed by atoms with Crippen molar-refractivity contribution in [2.24, 2.45) is 5.73 Å². The number of rotatable bonds is 4. The van der Waals surface area contributed by atoms with Gasteiger partial charge < -0.3 is 10.6 Å². The molecule has 0 bridgehead atoms. The van der Waals surface area contributed by atoms with E-state index in [-0.39, 0.29) is 0 Å². The molecule has 0 radical (unpaired) electrons. The molecule has 0 atom stereocenters. The standard InChI is InChI=1S/C6H13ClN2/c1-9(6-4-8)5-2-3-7/h2-3H,4-6,8H2,1H3/b3-2+. The molecule has 0 unspecified atom stereocenters. The molecule has 0 spiro atoms. The molecular formula is C6H13ClN2. The molecule has 0 aromatic carbocycles. The molecule has 0 aliphatic rings. The number of nitrogens with two attached hydrogens (primary N) is 1. The Bertz CT molecular complexity index is 83.1. The van der Waals surface area contributed by atoms with Crippen LogP contribution in [-0.2, 0) is 0 Å². The molecule has 0 aromatic heterocycles. The third kappa shape index (κ3) is 5.83. The number of nitrogens with zero attached hydrogens (tertiary/aromatic N) is 1. The molecule has 0 amide bonds. The first-order chi connectivity index (χ1) is 4.31. The lowest BCUT2D eigenvalue weighted by Gasteiger charge is -2.10. The van der Waals surface area contributed by atoms with Crippen molar-refractivity contribution in [2.45, 2.75) is 0 Å². The van der Waals surface area contributed by atoms with E-state index in [1.165, 1.54) is 5.54 Å². The van der Waals surface area contributed by atoms with Crippen molar-refractivity contribution in [1.29, 1.82) is 0 Å². The van der Waals surface area contributed by atoms with Crippen LogP contribution in [-0.4, -0.2) is 31.6 Å². The van der Waals surface area contributed by atoms with Crippen LogP contribution in [0.1, 0.15) is 0 Å². The summed E-state index contributed by atoms with van der Waals surface area (Å²) in [7, 11) is 2.00. The zero-order chi connectivity index (χ0) is 7.11. The van der Waals surface area contributed by atoms with Crippen molar-refractivity contribution < 1.29 is 0 Å². The molecule has 0 rings (SSSR count). The van der Waals surface area contributed by atoms with Crippen LogP contribution < -0.4 is 5.73 Å². The van der Waals surface area contributed by atoms with Crippen LogP contribution in [0.5, 0.6) is 0 Å². The average Bonchev–Trinajstić information content (AvgIpc) is 1.85. The van der Waals surface area contributed by atoms with Gasteiger partial charge in [-0.2, -0.15) is 0 Å². The van der Waals surface area contributed by atoms with Gasteiger partial charge in [0.25, 0.3) is 0 Å². The summed E-state index contributed by atoms with van der Waals surface area (Å²) >= 11 is 5.31. The van der Waals surface area contributed by atoms with Crippen LogP contribution in [0.4, 0.5) is 0 Å². The predicted molar refractivity (Wildman–Crippen MR) is 41.5 cm³/mol. The van der Waals surface area contributed by atoms with Crippen LogP contribution in [0, 0.1) is 0 Å². The summed E-state index contributed by atoms with van der Waals surface area (Å²) in [6.07, 6.45) is 1.89. The maximum atomic E-state index is 5.31. The Balaban J connectivity index is 3.15. The molecule has 3 heteroatoms. The highest BCUT2D eigenvalue weighted by atomic mass is 35.5. The average molecular weight is 149 g/mol. The van der Waals surface area contributed by atoms with E-state index >= 15 is 0 Å². The summed E-state index contributed by atoms with van der Waals surface area (Å²) in [5, 5.41) is 0. The van der Waals surface area contributed by atoms with Gasteiger partial charge in [0.2, 0.25) is 0 Å². The maximum absolute atomic E-state index is 5.31. The van der Waals surface area contributed by atoms with Crippen molar-refractivity contribution in [3.8, 4) is 0 Å². The molecule has 2 nitrogen and oxygen atoms in total. The molecule has 0 fully saturated rings. The van der Waals surface area contributed by atoms with Gasteiger partial charge in [-0.1, -0.05) is 17.7 Å². The third-order valence-electron chi connectivity index (χ3n) is 1.02. The SMILES string of the molecule is CN(C/C=C/Cl)CCN. The summed E-state index contributed by atoms with van der Waals surface area (Å²) in [5.41, 5.74) is 6.82. The monoisotopic (exact) mass is 148 g/mol. The molecule has 2 N–H and O–H groups in total. The van der Waals surface area contributed by atoms with Gasteiger partial charge in [-0.05, 0) is 7.05 Å². The van der Waals surface area contributed by atoms with Gasteiger partial charge in [-0.3, -0.25) is 0 Å². The van der Waals surface area contributed by atoms with Crippen LogP contribution in [0.15, 0.2) is 11.6 Å². The highest BCUT2D eigenvalue weighted by Gasteiger charge is 1.89. The van der Waals surface area contributed by atoms with E-state index in [1.807, 2.05) is 13.1 Å². The molecule has 0 aliphatic heterocycles. The van der Waals surface area contributed by atoms with E-state index in [1.54, 1.807) is 0 Å². The normalized spacial score (nSPS) is 11.6. The molecule has 0 heterocycles. The number of likely N-dealkylation sites (N-methyl/N-ethyl adjacent to an activating group) is 1. The Morgan fingerprint density at radius 2 is 2.33 bits per heavy atom. The van der Waals surface area contributed by atoms with Crippen LogP contribution in [0.3, 0.4) is 0 Å². The van der Waals surface area contributed by atoms with E-state index < -0.39 is 0 Å². The first-order valence-corrected chi connectivity index (χ1v) is 3.38. The van der Waals surface area contributed by atoms with Crippen LogP contribution >= 0.6 is 11.6 Å². The summed E-state index contributed by atoms with van der Waals surface area (Å²) in [4.78, 5) is 2.10. The zero-order valence-corrected chi connectivity index (χ0v) is 6.43. The maximum Gasteiger partial charge on any atom is 0.0172 e. The topological polar surface area (TPSA) is 29.3 Å². The van der Waals surface area contributed by atoms with Gasteiger partial charge in [-0.25, -0.2) is 0 Å². The van der Waals surface area contributed by atoms with Gasteiger partial charge in [0.05, 0.1) is 0 Å². The summed E-state index contributed by atoms with van der Waals surface area (Å²) in [6.45, 7) is 2.49. The molecule has 0 aliphatic carbocycles. The lowest BCUT2D eigenvalue weighted by molar-refractivity contribution is 0.381. The van der Waals surface area contributed by atoms with Gasteiger partial charge in [0, 0.05) is 25.2 Å². The van der Waals surface area contributed by atoms with E-state index in [9.17, 15) is 0 Å². The fourth-order valence-corrected chi connectivity index (χ4v) is 0.611. The lowest BCUT2D eigenvalue weighted by atomic mass is 10.5. The van der Waals surface area contributed by atoms with Gasteiger partial charge in [0.15, 0.2) is 0 Å². The van der Waals surface area contributed by atoms with Gasteiger partial charge in [0.1, 0.15) is 0 Å². The second kappa shape index (κ2) is 6.08. The number of halogens is 1. The highest BCUT2D eigenvalue weighted by Crippen LogP contribution is 1.83. The zero-order valence-electron chi connectivity index (χ0n) is 5.68. The fraction of sp³-hybridized carbons (Fsp3) is 0.667. The predicted octanol–water partition coefficient (Wildman–Crippen LogP) is 0.629. The van der Waals surface area contributed by atoms with E-state index in [0.717, 1.165) is 13.1 Å². The molecule has 0 saturated carbocycles. The Hall–Kier alpha value is -0.0500. The minimum Gasteiger partial charge on any atom is -0.329 e. The molecule has 9 heavy (non-hydrogen) atoms. The van der Waals surface area contributed by atoms with E-state index in [4.69, 9.17) is 17.3 Å². The van der Waals surface area contributed by atoms with Crippen LogP contribution in [0.2, 0.25) is 0 Å².